The van der Waals surface area contributed by atoms with Gasteiger partial charge in [0.2, 0.25) is 0 Å². The highest BCUT2D eigenvalue weighted by atomic mass is 16.5. The van der Waals surface area contributed by atoms with Gasteiger partial charge in [-0.2, -0.15) is 0 Å². The largest absolute Gasteiger partial charge is 0.511 e. The van der Waals surface area contributed by atoms with Crippen LogP contribution in [0.15, 0.2) is 106 Å². The predicted octanol–water partition coefficient (Wildman–Crippen LogP) is 6.38. The van der Waals surface area contributed by atoms with Gasteiger partial charge in [0.05, 0.1) is 46.9 Å². The van der Waals surface area contributed by atoms with Crippen LogP contribution in [-0.4, -0.2) is 46.0 Å². The lowest BCUT2D eigenvalue weighted by Gasteiger charge is -2.17. The third kappa shape index (κ3) is 4.72. The van der Waals surface area contributed by atoms with Crippen molar-refractivity contribution in [3.8, 4) is 0 Å². The van der Waals surface area contributed by atoms with Crippen LogP contribution in [0.2, 0.25) is 0 Å². The molecule has 43 heavy (non-hydrogen) atoms. The second-order valence-corrected chi connectivity index (χ2v) is 12.0. The Hall–Kier alpha value is -4.04. The van der Waals surface area contributed by atoms with Gasteiger partial charge in [-0.05, 0) is 88.0 Å². The van der Waals surface area contributed by atoms with Crippen LogP contribution in [0.4, 0.5) is 0 Å². The Labute approximate surface area is 253 Å². The molecule has 3 atom stereocenters. The van der Waals surface area contributed by atoms with Crippen molar-refractivity contribution in [3.63, 3.8) is 0 Å². The lowest BCUT2D eigenvalue weighted by atomic mass is 9.86. The number of aliphatic hydroxyl groups is 2. The van der Waals surface area contributed by atoms with Crippen molar-refractivity contribution in [2.24, 2.45) is 26.8 Å². The molecule has 6 rings (SSSR count). The Kier molecular flexibility index (Phi) is 7.37. The number of aliphatic hydroxyl groups excluding tert-OH is 2. The quantitative estimate of drug-likeness (QED) is 0.315. The number of hydrogen-bond donors (Lipinski definition) is 3. The van der Waals surface area contributed by atoms with E-state index >= 15 is 0 Å². The third-order valence-corrected chi connectivity index (χ3v) is 9.48. The van der Waals surface area contributed by atoms with Crippen LogP contribution >= 0.6 is 0 Å². The van der Waals surface area contributed by atoms with E-state index in [0.29, 0.717) is 31.6 Å². The highest BCUT2D eigenvalue weighted by molar-refractivity contribution is 6.21. The molecule has 0 amide bonds. The molecule has 0 radical (unpaired) electrons. The topological polar surface area (TPSA) is 116 Å². The van der Waals surface area contributed by atoms with Gasteiger partial charge in [0.25, 0.3) is 0 Å². The van der Waals surface area contributed by atoms with Gasteiger partial charge in [-0.1, -0.05) is 13.8 Å². The second kappa shape index (κ2) is 10.9. The molecular weight excluding hydrogens is 540 g/mol. The summed E-state index contributed by atoms with van der Waals surface area (Å²) in [7, 11) is 0. The van der Waals surface area contributed by atoms with Gasteiger partial charge in [0.1, 0.15) is 5.76 Å². The van der Waals surface area contributed by atoms with E-state index in [1.807, 2.05) is 32.9 Å². The number of carbonyl (C=O) groups excluding carboxylic acids is 1. The van der Waals surface area contributed by atoms with Crippen LogP contribution in [0.1, 0.15) is 74.1 Å². The highest BCUT2D eigenvalue weighted by Gasteiger charge is 2.41. The Morgan fingerprint density at radius 1 is 1.05 bits per heavy atom. The fourth-order valence-corrected chi connectivity index (χ4v) is 7.16. The lowest BCUT2D eigenvalue weighted by Crippen LogP contribution is -2.16. The van der Waals surface area contributed by atoms with E-state index in [4.69, 9.17) is 19.7 Å². The maximum absolute atomic E-state index is 12.4. The Morgan fingerprint density at radius 2 is 1.77 bits per heavy atom. The summed E-state index contributed by atoms with van der Waals surface area (Å²) in [5.41, 5.74) is 13.4. The molecule has 224 valence electrons. The van der Waals surface area contributed by atoms with Gasteiger partial charge in [-0.15, -0.1) is 0 Å². The van der Waals surface area contributed by atoms with Crippen molar-refractivity contribution in [2.75, 3.05) is 6.61 Å². The molecule has 0 aromatic heterocycles. The molecule has 3 N–H and O–H groups in total. The average Bonchev–Trinajstić information content (AvgIpc) is 3.70. The number of allylic oxidation sites excluding steroid dienone is 11. The van der Waals surface area contributed by atoms with Crippen LogP contribution in [0.5, 0.6) is 0 Å². The van der Waals surface area contributed by atoms with Crippen LogP contribution < -0.4 is 5.32 Å². The summed E-state index contributed by atoms with van der Waals surface area (Å²) in [5, 5.41) is 25.7. The summed E-state index contributed by atoms with van der Waals surface area (Å²) in [4.78, 5) is 27.6. The van der Waals surface area contributed by atoms with Gasteiger partial charge < -0.3 is 20.3 Å². The first kappa shape index (κ1) is 29.1. The number of fused-ring (bicyclic) bond motifs is 5. The first-order valence-electron chi connectivity index (χ1n) is 15.3. The van der Waals surface area contributed by atoms with Crippen LogP contribution in [0.25, 0.3) is 0 Å². The SMILES string of the molecule is CCOC(=O)CC[C@@H]1C2=C3CC(O)=C4C3=NC(=C4C)C=C3N=C(C=C4N=C(C=C(N2)[C@H]1C)C(C)=C4[C@@H](C)O)C(C)=C3CC. The van der Waals surface area contributed by atoms with E-state index in [9.17, 15) is 15.0 Å². The summed E-state index contributed by atoms with van der Waals surface area (Å²) >= 11 is 0. The van der Waals surface area contributed by atoms with Crippen molar-refractivity contribution >= 4 is 23.1 Å². The molecule has 0 aromatic carbocycles. The zero-order valence-corrected chi connectivity index (χ0v) is 26.1. The van der Waals surface area contributed by atoms with E-state index in [2.05, 4.69) is 32.2 Å². The summed E-state index contributed by atoms with van der Waals surface area (Å²) in [6.07, 6.45) is 7.46. The molecule has 1 saturated heterocycles. The molecule has 0 spiro atoms. The number of hydrogen-bond acceptors (Lipinski definition) is 8. The van der Waals surface area contributed by atoms with Crippen molar-refractivity contribution in [2.45, 2.75) is 80.3 Å². The number of carbonyl (C=O) groups is 1. The maximum atomic E-state index is 12.4. The van der Waals surface area contributed by atoms with Crippen molar-refractivity contribution in [1.82, 2.24) is 5.32 Å². The van der Waals surface area contributed by atoms with Crippen molar-refractivity contribution in [3.05, 3.63) is 91.5 Å². The molecule has 8 nitrogen and oxygen atoms in total. The lowest BCUT2D eigenvalue weighted by molar-refractivity contribution is -0.143. The fraction of sp³-hybridized carbons (Fsp3) is 0.429. The molecule has 0 aromatic rings. The monoisotopic (exact) mass is 580 g/mol. The molecule has 6 aliphatic rings. The van der Waals surface area contributed by atoms with E-state index in [1.165, 1.54) is 0 Å². The van der Waals surface area contributed by atoms with Crippen LogP contribution in [0, 0.1) is 11.8 Å². The molecule has 0 unspecified atom stereocenters. The first-order valence-corrected chi connectivity index (χ1v) is 15.3. The predicted molar refractivity (Wildman–Crippen MR) is 170 cm³/mol. The Morgan fingerprint density at radius 3 is 2.47 bits per heavy atom. The minimum atomic E-state index is -0.700. The molecular formula is C35H40N4O4. The van der Waals surface area contributed by atoms with Crippen molar-refractivity contribution < 1.29 is 19.7 Å². The summed E-state index contributed by atoms with van der Waals surface area (Å²) < 4.78 is 5.26. The van der Waals surface area contributed by atoms with E-state index in [-0.39, 0.29) is 17.8 Å². The van der Waals surface area contributed by atoms with E-state index < -0.39 is 6.10 Å². The molecule has 8 bridgehead atoms. The average molecular weight is 581 g/mol. The second-order valence-electron chi connectivity index (χ2n) is 12.0. The normalized spacial score (nSPS) is 25.2. The molecule has 5 heterocycles. The standard InChI is InChI=1S/C35H40N4O4/c1-8-21-16(3)24-15-29-32(20(7)40)18(5)26(37-29)13-25-17(4)22(10-11-31(42)43-9-2)34(38-25)23-12-30(41)33-19(6)27(39-35(23)33)14-28(21)36-24/h13-15,17,20,22,38,40-41H,8-12H2,1-7H3/t17-,20+,22-/m0/s1. The van der Waals surface area contributed by atoms with Crippen LogP contribution in [0.3, 0.4) is 0 Å². The molecule has 8 heteroatoms. The zero-order valence-electron chi connectivity index (χ0n) is 26.1. The molecule has 5 aliphatic heterocycles. The number of ether oxygens (including phenoxy) is 1. The summed E-state index contributed by atoms with van der Waals surface area (Å²) in [6.45, 7) is 14.3. The first-order chi connectivity index (χ1) is 20.5. The van der Waals surface area contributed by atoms with Gasteiger partial charge in [0, 0.05) is 52.8 Å². The van der Waals surface area contributed by atoms with Gasteiger partial charge >= 0.3 is 5.97 Å². The number of nitrogens with one attached hydrogen (secondary N) is 1. The van der Waals surface area contributed by atoms with Gasteiger partial charge in [0.15, 0.2) is 0 Å². The smallest absolute Gasteiger partial charge is 0.305 e. The van der Waals surface area contributed by atoms with E-state index in [1.54, 1.807) is 6.92 Å². The molecule has 0 saturated carbocycles. The number of aliphatic imine (C=N–C) groups is 3. The van der Waals surface area contributed by atoms with Gasteiger partial charge in [-0.3, -0.25) is 4.79 Å². The maximum Gasteiger partial charge on any atom is 0.305 e. The summed E-state index contributed by atoms with van der Waals surface area (Å²) in [6, 6.07) is 0. The molecule has 1 aliphatic carbocycles. The highest BCUT2D eigenvalue weighted by Crippen LogP contribution is 2.46. The van der Waals surface area contributed by atoms with E-state index in [0.717, 1.165) is 91.1 Å². The fourth-order valence-electron chi connectivity index (χ4n) is 7.16. The number of esters is 1. The molecule has 1 fully saturated rings. The Bertz CT molecular complexity index is 1700. The number of nitrogens with zero attached hydrogens (tertiary/aromatic N) is 3. The van der Waals surface area contributed by atoms with Crippen molar-refractivity contribution in [1.29, 1.82) is 0 Å². The number of rotatable bonds is 6. The third-order valence-electron chi connectivity index (χ3n) is 9.48. The van der Waals surface area contributed by atoms with Crippen LogP contribution in [-0.2, 0) is 9.53 Å². The minimum absolute atomic E-state index is 0.00437. The zero-order chi connectivity index (χ0) is 30.7. The Balaban J connectivity index is 1.58. The minimum Gasteiger partial charge on any atom is -0.511 e. The summed E-state index contributed by atoms with van der Waals surface area (Å²) in [5.74, 6) is 0.146. The van der Waals surface area contributed by atoms with Gasteiger partial charge in [-0.25, -0.2) is 15.0 Å².